The van der Waals surface area contributed by atoms with Crippen LogP contribution >= 0.6 is 0 Å². The number of hydrogen-bond acceptors (Lipinski definition) is 4. The molecule has 7 rings (SSSR count). The van der Waals surface area contributed by atoms with Gasteiger partial charge in [-0.05, 0) is 63.9 Å². The molecule has 1 spiro atoms. The van der Waals surface area contributed by atoms with Crippen LogP contribution in [-0.4, -0.2) is 50.4 Å². The van der Waals surface area contributed by atoms with Gasteiger partial charge in [-0.25, -0.2) is 9.78 Å². The predicted octanol–water partition coefficient (Wildman–Crippen LogP) is 4.49. The van der Waals surface area contributed by atoms with E-state index in [-0.39, 0.29) is 29.6 Å². The first-order valence-electron chi connectivity index (χ1n) is 12.0. The van der Waals surface area contributed by atoms with Gasteiger partial charge in [-0.1, -0.05) is 24.3 Å². The van der Waals surface area contributed by atoms with Crippen LogP contribution in [0.5, 0.6) is 0 Å². The van der Waals surface area contributed by atoms with Gasteiger partial charge >= 0.3 is 6.09 Å². The first kappa shape index (κ1) is 20.3. The molecule has 2 aliphatic carbocycles. The van der Waals surface area contributed by atoms with Gasteiger partial charge in [-0.3, -0.25) is 0 Å². The van der Waals surface area contributed by atoms with Crippen molar-refractivity contribution in [1.29, 1.82) is 0 Å². The molecule has 2 aromatic rings. The van der Waals surface area contributed by atoms with E-state index in [9.17, 15) is 9.90 Å². The van der Waals surface area contributed by atoms with Crippen LogP contribution in [0.2, 0.25) is 0 Å². The Morgan fingerprint density at radius 3 is 2.78 bits per heavy atom. The van der Waals surface area contributed by atoms with Crippen molar-refractivity contribution in [3.8, 4) is 11.3 Å². The SMILES string of the molecule is CC(C)(C)OC(=O)N1CC2CCC(C1)C1(C2)C[C@@H]([C@@H]2c3ccccc3-c3cncn32)[C@@H]1O. The Labute approximate surface area is 189 Å². The minimum absolute atomic E-state index is 0.0807. The van der Waals surface area contributed by atoms with E-state index in [0.717, 1.165) is 37.9 Å². The Balaban J connectivity index is 1.26. The molecule has 2 saturated carbocycles. The number of benzene rings is 1. The fraction of sp³-hybridized carbons (Fsp3) is 0.615. The highest BCUT2D eigenvalue weighted by atomic mass is 16.6. The Bertz CT molecular complexity index is 1060. The number of nitrogens with zero attached hydrogens (tertiary/aromatic N) is 3. The molecule has 4 fully saturated rings. The molecular formula is C26H33N3O3. The van der Waals surface area contributed by atoms with Crippen LogP contribution in [0, 0.1) is 23.2 Å². The molecule has 3 aliphatic heterocycles. The summed E-state index contributed by atoms with van der Waals surface area (Å²) in [5.41, 5.74) is 3.12. The molecule has 6 nitrogen and oxygen atoms in total. The third-order valence-electron chi connectivity index (χ3n) is 8.51. The van der Waals surface area contributed by atoms with Crippen LogP contribution < -0.4 is 0 Å². The molecule has 1 amide bonds. The Kier molecular flexibility index (Phi) is 4.33. The van der Waals surface area contributed by atoms with Crippen LogP contribution in [0.3, 0.4) is 0 Å². The van der Waals surface area contributed by atoms with E-state index < -0.39 is 5.60 Å². The van der Waals surface area contributed by atoms with Gasteiger partial charge in [0.05, 0.1) is 30.4 Å². The number of carbonyl (C=O) groups excluding carboxylic acids is 1. The fourth-order valence-corrected chi connectivity index (χ4v) is 7.23. The first-order valence-corrected chi connectivity index (χ1v) is 12.0. The van der Waals surface area contributed by atoms with Crippen molar-refractivity contribution < 1.29 is 14.6 Å². The minimum atomic E-state index is -0.487. The highest BCUT2D eigenvalue weighted by molar-refractivity contribution is 5.69. The zero-order valence-electron chi connectivity index (χ0n) is 19.2. The summed E-state index contributed by atoms with van der Waals surface area (Å²) in [6, 6.07) is 8.68. The summed E-state index contributed by atoms with van der Waals surface area (Å²) < 4.78 is 7.95. The van der Waals surface area contributed by atoms with Crippen molar-refractivity contribution >= 4 is 6.09 Å². The number of rotatable bonds is 1. The smallest absolute Gasteiger partial charge is 0.410 e. The van der Waals surface area contributed by atoms with Gasteiger partial charge in [0.2, 0.25) is 0 Å². The van der Waals surface area contributed by atoms with Crippen LogP contribution in [0.25, 0.3) is 11.3 Å². The number of aliphatic hydroxyl groups excluding tert-OH is 1. The zero-order valence-corrected chi connectivity index (χ0v) is 19.2. The topological polar surface area (TPSA) is 67.6 Å². The molecule has 6 atom stereocenters. The van der Waals surface area contributed by atoms with Gasteiger partial charge in [0.1, 0.15) is 5.60 Å². The maximum atomic E-state index is 12.8. The minimum Gasteiger partial charge on any atom is -0.444 e. The maximum Gasteiger partial charge on any atom is 0.410 e. The molecule has 1 aromatic heterocycles. The van der Waals surface area contributed by atoms with E-state index in [4.69, 9.17) is 4.74 Å². The summed E-state index contributed by atoms with van der Waals surface area (Å²) >= 11 is 0. The number of ether oxygens (including phenoxy) is 1. The largest absolute Gasteiger partial charge is 0.444 e. The first-order chi connectivity index (χ1) is 15.3. The number of imidazole rings is 1. The molecule has 2 bridgehead atoms. The van der Waals surface area contributed by atoms with Crippen molar-refractivity contribution in [1.82, 2.24) is 14.5 Å². The molecule has 1 aromatic carbocycles. The van der Waals surface area contributed by atoms with Crippen LogP contribution in [-0.2, 0) is 4.74 Å². The van der Waals surface area contributed by atoms with Crippen molar-refractivity contribution in [2.45, 2.75) is 64.2 Å². The van der Waals surface area contributed by atoms with Crippen molar-refractivity contribution in [3.63, 3.8) is 0 Å². The Morgan fingerprint density at radius 1 is 1.19 bits per heavy atom. The Hall–Kier alpha value is -2.34. The van der Waals surface area contributed by atoms with E-state index in [1.54, 1.807) is 0 Å². The van der Waals surface area contributed by atoms with Crippen molar-refractivity contribution in [2.75, 3.05) is 13.1 Å². The highest BCUT2D eigenvalue weighted by Gasteiger charge is 2.63. The van der Waals surface area contributed by atoms with Gasteiger partial charge in [-0.15, -0.1) is 0 Å². The lowest BCUT2D eigenvalue weighted by Crippen LogP contribution is -2.61. The highest BCUT2D eigenvalue weighted by Crippen LogP contribution is 2.64. The second-order valence-corrected chi connectivity index (χ2v) is 11.5. The number of hydrogen-bond donors (Lipinski definition) is 1. The standard InChI is InChI=1S/C26H33N3O3/c1-25(2,3)32-24(31)28-13-16-8-9-17(14-28)26(10-16)11-20(23(26)30)22-19-7-5-4-6-18(19)21-12-27-15-29(21)22/h4-7,12,15-17,20,22-23,30H,8-11,13-14H2,1-3H3/t16?,17?,20-,22-,23-,26?/m0/s1. The van der Waals surface area contributed by atoms with Gasteiger partial charge in [0.25, 0.3) is 0 Å². The average molecular weight is 436 g/mol. The van der Waals surface area contributed by atoms with E-state index in [2.05, 4.69) is 33.8 Å². The quantitative estimate of drug-likeness (QED) is 0.717. The summed E-state index contributed by atoms with van der Waals surface area (Å²) in [5, 5.41) is 11.7. The number of amides is 1. The van der Waals surface area contributed by atoms with Gasteiger partial charge in [0.15, 0.2) is 0 Å². The molecule has 5 aliphatic rings. The van der Waals surface area contributed by atoms with E-state index in [1.165, 1.54) is 11.1 Å². The zero-order chi connectivity index (χ0) is 22.3. The van der Waals surface area contributed by atoms with Gasteiger partial charge in [-0.2, -0.15) is 0 Å². The van der Waals surface area contributed by atoms with E-state index >= 15 is 0 Å². The third-order valence-corrected chi connectivity index (χ3v) is 8.51. The van der Waals surface area contributed by atoms with E-state index in [1.807, 2.05) is 38.2 Å². The molecular weight excluding hydrogens is 402 g/mol. The van der Waals surface area contributed by atoms with Crippen LogP contribution in [0.15, 0.2) is 36.8 Å². The summed E-state index contributed by atoms with van der Waals surface area (Å²) in [6.07, 6.45) is 7.54. The predicted molar refractivity (Wildman–Crippen MR) is 121 cm³/mol. The molecule has 2 saturated heterocycles. The summed E-state index contributed by atoms with van der Waals surface area (Å²) in [6.45, 7) is 7.21. The summed E-state index contributed by atoms with van der Waals surface area (Å²) in [5.74, 6) is 0.955. The molecule has 0 radical (unpaired) electrons. The normalized spacial score (nSPS) is 35.2. The van der Waals surface area contributed by atoms with Crippen molar-refractivity contribution in [3.05, 3.63) is 42.4 Å². The second-order valence-electron chi connectivity index (χ2n) is 11.5. The van der Waals surface area contributed by atoms with Gasteiger partial charge < -0.3 is 19.3 Å². The number of aliphatic hydroxyl groups is 1. The molecule has 3 unspecified atom stereocenters. The lowest BCUT2D eigenvalue weighted by Gasteiger charge is -2.60. The molecule has 32 heavy (non-hydrogen) atoms. The lowest BCUT2D eigenvalue weighted by molar-refractivity contribution is -0.182. The molecule has 6 heteroatoms. The molecule has 1 N–H and O–H groups in total. The Morgan fingerprint density at radius 2 is 2.00 bits per heavy atom. The van der Waals surface area contributed by atoms with Crippen LogP contribution in [0.1, 0.15) is 58.1 Å². The number of carbonyl (C=O) groups is 1. The number of aromatic nitrogens is 2. The summed E-state index contributed by atoms with van der Waals surface area (Å²) in [4.78, 5) is 19.1. The maximum absolute atomic E-state index is 12.8. The second kappa shape index (κ2) is 6.83. The van der Waals surface area contributed by atoms with Gasteiger partial charge in [0, 0.05) is 30.0 Å². The third kappa shape index (κ3) is 2.88. The average Bonchev–Trinajstić information content (AvgIpc) is 3.20. The van der Waals surface area contributed by atoms with Crippen molar-refractivity contribution in [2.24, 2.45) is 23.2 Å². The number of fused-ring (bicyclic) bond motifs is 6. The molecule has 170 valence electrons. The lowest BCUT2D eigenvalue weighted by atomic mass is 9.46. The summed E-state index contributed by atoms with van der Waals surface area (Å²) in [7, 11) is 0. The monoisotopic (exact) mass is 435 g/mol. The molecule has 4 heterocycles. The van der Waals surface area contributed by atoms with Crippen LogP contribution in [0.4, 0.5) is 4.79 Å². The van der Waals surface area contributed by atoms with E-state index in [0.29, 0.717) is 18.4 Å². The fourth-order valence-electron chi connectivity index (χ4n) is 7.23.